The third-order valence-corrected chi connectivity index (χ3v) is 2.92. The molecule has 19 heavy (non-hydrogen) atoms. The quantitative estimate of drug-likeness (QED) is 0.681. The van der Waals surface area contributed by atoms with Gasteiger partial charge in [-0.25, -0.2) is 4.79 Å². The number of carboxylic acids is 1. The summed E-state index contributed by atoms with van der Waals surface area (Å²) in [4.78, 5) is 11.0. The number of nitrogens with one attached hydrogen (secondary N) is 1. The topological polar surface area (TPSA) is 67.8 Å². The molecular formula is C13H18BrNO4. The fraction of sp³-hybridized carbons (Fsp3) is 0.462. The molecule has 0 fully saturated rings. The Kier molecular flexibility index (Phi) is 7.47. The van der Waals surface area contributed by atoms with Crippen molar-refractivity contribution in [1.82, 2.24) is 0 Å². The third kappa shape index (κ3) is 6.04. The van der Waals surface area contributed by atoms with Crippen LogP contribution in [-0.2, 0) is 9.47 Å². The Bertz CT molecular complexity index is 412. The lowest BCUT2D eigenvalue weighted by Crippen LogP contribution is -2.11. The summed E-state index contributed by atoms with van der Waals surface area (Å²) in [5.74, 6) is -0.939. The van der Waals surface area contributed by atoms with E-state index in [0.29, 0.717) is 32.1 Å². The number of anilines is 1. The van der Waals surface area contributed by atoms with Gasteiger partial charge in [0.05, 0.1) is 18.8 Å². The van der Waals surface area contributed by atoms with Gasteiger partial charge in [0.25, 0.3) is 0 Å². The number of hydrogen-bond acceptors (Lipinski definition) is 4. The Morgan fingerprint density at radius 3 is 2.84 bits per heavy atom. The highest BCUT2D eigenvalue weighted by atomic mass is 79.9. The molecule has 1 aromatic rings. The molecule has 0 aromatic heterocycles. The minimum absolute atomic E-state index is 0.267. The molecule has 0 amide bonds. The fourth-order valence-electron chi connectivity index (χ4n) is 1.49. The maximum atomic E-state index is 11.0. The molecule has 106 valence electrons. The number of hydrogen-bond donors (Lipinski definition) is 2. The average Bonchev–Trinajstić information content (AvgIpc) is 2.37. The Labute approximate surface area is 121 Å². The summed E-state index contributed by atoms with van der Waals surface area (Å²) in [6.07, 6.45) is 0.801. The van der Waals surface area contributed by atoms with Gasteiger partial charge in [0.1, 0.15) is 0 Å². The molecule has 0 aliphatic heterocycles. The van der Waals surface area contributed by atoms with Crippen LogP contribution >= 0.6 is 15.9 Å². The summed E-state index contributed by atoms with van der Waals surface area (Å²) in [5.41, 5.74) is 0.877. The normalized spacial score (nSPS) is 10.4. The molecule has 0 spiro atoms. The molecule has 0 saturated carbocycles. The minimum Gasteiger partial charge on any atom is -0.478 e. The van der Waals surface area contributed by atoms with E-state index in [4.69, 9.17) is 14.6 Å². The van der Waals surface area contributed by atoms with Crippen LogP contribution in [0.5, 0.6) is 0 Å². The number of rotatable bonds is 9. The monoisotopic (exact) mass is 331 g/mol. The smallest absolute Gasteiger partial charge is 0.337 e. The Balaban J connectivity index is 2.36. The lowest BCUT2D eigenvalue weighted by Gasteiger charge is -2.10. The van der Waals surface area contributed by atoms with Gasteiger partial charge < -0.3 is 19.9 Å². The zero-order valence-electron chi connectivity index (χ0n) is 10.8. The fourth-order valence-corrected chi connectivity index (χ4v) is 1.85. The van der Waals surface area contributed by atoms with Crippen molar-refractivity contribution in [2.75, 3.05) is 38.8 Å². The van der Waals surface area contributed by atoms with Crippen molar-refractivity contribution in [2.24, 2.45) is 0 Å². The van der Waals surface area contributed by atoms with Gasteiger partial charge in [-0.1, -0.05) is 15.9 Å². The number of carbonyl (C=O) groups is 1. The molecular weight excluding hydrogens is 314 g/mol. The number of methoxy groups -OCH3 is 1. The van der Waals surface area contributed by atoms with E-state index in [1.807, 2.05) is 0 Å². The molecule has 0 saturated heterocycles. The summed E-state index contributed by atoms with van der Waals surface area (Å²) in [7, 11) is 1.63. The molecule has 0 unspecified atom stereocenters. The van der Waals surface area contributed by atoms with Gasteiger partial charge >= 0.3 is 5.97 Å². The first-order chi connectivity index (χ1) is 9.15. The summed E-state index contributed by atoms with van der Waals surface area (Å²) in [6, 6.07) is 5.04. The van der Waals surface area contributed by atoms with E-state index in [-0.39, 0.29) is 5.56 Å². The van der Waals surface area contributed by atoms with Crippen molar-refractivity contribution >= 4 is 27.6 Å². The van der Waals surface area contributed by atoms with Crippen LogP contribution in [0.25, 0.3) is 0 Å². The summed E-state index contributed by atoms with van der Waals surface area (Å²) in [5, 5.41) is 12.2. The highest BCUT2D eigenvalue weighted by Gasteiger charge is 2.09. The van der Waals surface area contributed by atoms with E-state index >= 15 is 0 Å². The lowest BCUT2D eigenvalue weighted by atomic mass is 10.2. The Hall–Kier alpha value is -1.11. The van der Waals surface area contributed by atoms with Crippen molar-refractivity contribution in [2.45, 2.75) is 6.42 Å². The zero-order valence-corrected chi connectivity index (χ0v) is 12.4. The standard InChI is InChI=1S/C13H18BrNO4/c1-18-7-8-19-6-2-5-15-12-9-10(14)3-4-11(12)13(16)17/h3-4,9,15H,2,5-8H2,1H3,(H,16,17). The van der Waals surface area contributed by atoms with Crippen LogP contribution in [0.15, 0.2) is 22.7 Å². The van der Waals surface area contributed by atoms with E-state index in [0.717, 1.165) is 10.9 Å². The molecule has 0 aliphatic carbocycles. The molecule has 0 heterocycles. The van der Waals surface area contributed by atoms with Crippen molar-refractivity contribution in [1.29, 1.82) is 0 Å². The van der Waals surface area contributed by atoms with Crippen molar-refractivity contribution in [3.8, 4) is 0 Å². The van der Waals surface area contributed by atoms with Gasteiger partial charge in [-0.2, -0.15) is 0 Å². The highest BCUT2D eigenvalue weighted by molar-refractivity contribution is 9.10. The van der Waals surface area contributed by atoms with Gasteiger partial charge in [0.15, 0.2) is 0 Å². The first-order valence-electron chi connectivity index (χ1n) is 5.98. The largest absolute Gasteiger partial charge is 0.478 e. The van der Waals surface area contributed by atoms with E-state index in [1.54, 1.807) is 25.3 Å². The molecule has 1 rings (SSSR count). The van der Waals surface area contributed by atoms with E-state index in [9.17, 15) is 4.79 Å². The molecule has 6 heteroatoms. The van der Waals surface area contributed by atoms with Crippen LogP contribution in [0.3, 0.4) is 0 Å². The summed E-state index contributed by atoms with van der Waals surface area (Å²) in [6.45, 7) is 2.44. The van der Waals surface area contributed by atoms with Crippen LogP contribution < -0.4 is 5.32 Å². The third-order valence-electron chi connectivity index (χ3n) is 2.42. The Morgan fingerprint density at radius 1 is 1.37 bits per heavy atom. The van der Waals surface area contributed by atoms with Gasteiger partial charge in [0, 0.05) is 30.4 Å². The zero-order chi connectivity index (χ0) is 14.1. The van der Waals surface area contributed by atoms with Gasteiger partial charge in [-0.15, -0.1) is 0 Å². The van der Waals surface area contributed by atoms with Crippen LogP contribution in [0.1, 0.15) is 16.8 Å². The second-order valence-electron chi connectivity index (χ2n) is 3.88. The second-order valence-corrected chi connectivity index (χ2v) is 4.80. The maximum Gasteiger partial charge on any atom is 0.337 e. The number of aromatic carboxylic acids is 1. The van der Waals surface area contributed by atoms with E-state index in [1.165, 1.54) is 0 Å². The van der Waals surface area contributed by atoms with E-state index in [2.05, 4.69) is 21.2 Å². The van der Waals surface area contributed by atoms with Crippen LogP contribution in [0.4, 0.5) is 5.69 Å². The molecule has 1 aromatic carbocycles. The molecule has 5 nitrogen and oxygen atoms in total. The average molecular weight is 332 g/mol. The molecule has 0 bridgehead atoms. The van der Waals surface area contributed by atoms with Gasteiger partial charge in [-0.3, -0.25) is 0 Å². The molecule has 0 atom stereocenters. The van der Waals surface area contributed by atoms with Crippen LogP contribution in [-0.4, -0.2) is 44.6 Å². The predicted octanol–water partition coefficient (Wildman–Crippen LogP) is 2.61. The number of ether oxygens (including phenoxy) is 2. The molecule has 2 N–H and O–H groups in total. The number of carboxylic acid groups (broad SMARTS) is 1. The Morgan fingerprint density at radius 2 is 2.16 bits per heavy atom. The van der Waals surface area contributed by atoms with Crippen LogP contribution in [0.2, 0.25) is 0 Å². The highest BCUT2D eigenvalue weighted by Crippen LogP contribution is 2.21. The van der Waals surface area contributed by atoms with Gasteiger partial charge in [-0.05, 0) is 24.6 Å². The molecule has 0 aliphatic rings. The van der Waals surface area contributed by atoms with Crippen molar-refractivity contribution < 1.29 is 19.4 Å². The first kappa shape index (κ1) is 15.9. The van der Waals surface area contributed by atoms with Crippen molar-refractivity contribution in [3.63, 3.8) is 0 Å². The number of benzene rings is 1. The minimum atomic E-state index is -0.939. The SMILES string of the molecule is COCCOCCCNc1cc(Br)ccc1C(=O)O. The van der Waals surface area contributed by atoms with E-state index < -0.39 is 5.97 Å². The number of halogens is 1. The first-order valence-corrected chi connectivity index (χ1v) is 6.78. The molecule has 0 radical (unpaired) electrons. The maximum absolute atomic E-state index is 11.0. The summed E-state index contributed by atoms with van der Waals surface area (Å²) >= 11 is 3.33. The predicted molar refractivity (Wildman–Crippen MR) is 76.9 cm³/mol. The lowest BCUT2D eigenvalue weighted by molar-refractivity contribution is 0.0697. The van der Waals surface area contributed by atoms with Crippen molar-refractivity contribution in [3.05, 3.63) is 28.2 Å². The van der Waals surface area contributed by atoms with Gasteiger partial charge in [0.2, 0.25) is 0 Å². The van der Waals surface area contributed by atoms with Crippen LogP contribution in [0, 0.1) is 0 Å². The second kappa shape index (κ2) is 8.90. The summed E-state index contributed by atoms with van der Waals surface area (Å²) < 4.78 is 11.0.